The molecule has 150 valence electrons. The zero-order chi connectivity index (χ0) is 19.8. The normalized spacial score (nSPS) is 26.7. The number of rotatable bonds is 6. The summed E-state index contributed by atoms with van der Waals surface area (Å²) in [5, 5.41) is 9.50. The van der Waals surface area contributed by atoms with Crippen LogP contribution in [0.5, 0.6) is 5.75 Å². The van der Waals surface area contributed by atoms with E-state index in [9.17, 15) is 14.7 Å². The van der Waals surface area contributed by atoms with Gasteiger partial charge in [-0.3, -0.25) is 4.79 Å². The van der Waals surface area contributed by atoms with Gasteiger partial charge >= 0.3 is 0 Å². The van der Waals surface area contributed by atoms with Crippen LogP contribution in [0.25, 0.3) is 0 Å². The van der Waals surface area contributed by atoms with Crippen LogP contribution in [0.2, 0.25) is 18.6 Å². The van der Waals surface area contributed by atoms with Gasteiger partial charge in [-0.25, -0.2) is 0 Å². The van der Waals surface area contributed by atoms with E-state index in [1.54, 1.807) is 7.11 Å². The van der Waals surface area contributed by atoms with E-state index in [0.29, 0.717) is 12.8 Å². The van der Waals surface area contributed by atoms with Gasteiger partial charge in [0.2, 0.25) is 5.91 Å². The van der Waals surface area contributed by atoms with Crippen LogP contribution >= 0.6 is 0 Å². The van der Waals surface area contributed by atoms with Gasteiger partial charge < -0.3 is 24.3 Å². The van der Waals surface area contributed by atoms with E-state index >= 15 is 0 Å². The fourth-order valence-electron chi connectivity index (χ4n) is 4.51. The molecule has 4 atom stereocenters. The summed E-state index contributed by atoms with van der Waals surface area (Å²) in [7, 11) is -0.851. The van der Waals surface area contributed by atoms with Crippen LogP contribution in [0.1, 0.15) is 37.9 Å². The van der Waals surface area contributed by atoms with E-state index in [2.05, 4.69) is 6.92 Å². The minimum atomic E-state index is -2.54. The van der Waals surface area contributed by atoms with Gasteiger partial charge in [-0.2, -0.15) is 0 Å². The van der Waals surface area contributed by atoms with Gasteiger partial charge in [0.1, 0.15) is 11.9 Å². The summed E-state index contributed by atoms with van der Waals surface area (Å²) in [5.41, 5.74) is 1.73. The zero-order valence-corrected chi connectivity index (χ0v) is 17.6. The summed E-state index contributed by atoms with van der Waals surface area (Å²) in [6.45, 7) is 6.62. The van der Waals surface area contributed by atoms with Gasteiger partial charge in [-0.15, -0.1) is 0 Å². The highest BCUT2D eigenvalue weighted by Crippen LogP contribution is 2.47. The molecular weight excluding hydrogens is 362 g/mol. The average molecular weight is 394 g/mol. The van der Waals surface area contributed by atoms with Crippen LogP contribution in [-0.4, -0.2) is 50.5 Å². The summed E-state index contributed by atoms with van der Waals surface area (Å²) in [6, 6.07) is 5.83. The van der Waals surface area contributed by atoms with E-state index in [4.69, 9.17) is 9.47 Å². The van der Waals surface area contributed by atoms with E-state index in [1.807, 2.05) is 36.2 Å². The summed E-state index contributed by atoms with van der Waals surface area (Å²) >= 11 is 0. The van der Waals surface area contributed by atoms with E-state index < -0.39 is 8.32 Å². The van der Waals surface area contributed by atoms with Crippen molar-refractivity contribution >= 4 is 19.9 Å². The maximum atomic E-state index is 12.1. The van der Waals surface area contributed by atoms with Crippen molar-refractivity contribution in [3.05, 3.63) is 23.8 Å². The highest BCUT2D eigenvalue weighted by Gasteiger charge is 2.46. The monoisotopic (exact) mass is 393 g/mol. The molecule has 6 nitrogen and oxygen atoms in total. The van der Waals surface area contributed by atoms with Crippen molar-refractivity contribution < 1.29 is 24.2 Å². The molecule has 27 heavy (non-hydrogen) atoms. The summed E-state index contributed by atoms with van der Waals surface area (Å²) in [5.74, 6) is 0.909. The van der Waals surface area contributed by atoms with Crippen molar-refractivity contribution in [1.29, 1.82) is 0 Å². The second kappa shape index (κ2) is 7.91. The zero-order valence-electron chi connectivity index (χ0n) is 16.6. The predicted octanol–water partition coefficient (Wildman–Crippen LogP) is 2.85. The Morgan fingerprint density at radius 3 is 2.70 bits per heavy atom. The fraction of sp³-hybridized carbons (Fsp3) is 0.650. The number of nitrogens with zero attached hydrogens (tertiary/aromatic N) is 1. The van der Waals surface area contributed by atoms with Crippen molar-refractivity contribution in [3.63, 3.8) is 0 Å². The summed E-state index contributed by atoms with van der Waals surface area (Å²) in [6.07, 6.45) is 1.59. The average Bonchev–Trinajstić information content (AvgIpc) is 3.04. The lowest BCUT2D eigenvalue weighted by Gasteiger charge is -2.43. The number of carbonyl (C=O) groups excluding carboxylic acids is 1. The minimum absolute atomic E-state index is 0.0162. The largest absolute Gasteiger partial charge is 0.490 e. The van der Waals surface area contributed by atoms with Crippen LogP contribution in [0.15, 0.2) is 18.2 Å². The Bertz CT molecular complexity index is 689. The molecule has 1 amide bonds. The first-order chi connectivity index (χ1) is 12.8. The van der Waals surface area contributed by atoms with Crippen molar-refractivity contribution in [2.75, 3.05) is 25.2 Å². The van der Waals surface area contributed by atoms with Gasteiger partial charge in [-0.05, 0) is 44.1 Å². The van der Waals surface area contributed by atoms with Crippen LogP contribution in [-0.2, 0) is 9.53 Å². The number of amides is 1. The Morgan fingerprint density at radius 1 is 1.41 bits per heavy atom. The number of hydrogen-bond donors (Lipinski definition) is 2. The molecule has 1 unspecified atom stereocenters. The number of aliphatic hydroxyl groups is 1. The molecule has 2 heterocycles. The van der Waals surface area contributed by atoms with E-state index in [-0.39, 0.29) is 36.2 Å². The Balaban J connectivity index is 1.95. The van der Waals surface area contributed by atoms with Crippen molar-refractivity contribution in [2.24, 2.45) is 5.92 Å². The lowest BCUT2D eigenvalue weighted by Crippen LogP contribution is -2.48. The Hall–Kier alpha value is -1.41. The third kappa shape index (κ3) is 3.92. The molecule has 2 aliphatic rings. The van der Waals surface area contributed by atoms with Crippen molar-refractivity contribution in [3.8, 4) is 5.75 Å². The number of aliphatic hydroxyl groups excluding tert-OH is 1. The summed E-state index contributed by atoms with van der Waals surface area (Å²) in [4.78, 5) is 24.7. The SMILES string of the molecule is CO[C@@H]1c2cc(N3CCCC3=O)ccc2O[C@H](C(CCO)[Si](C)(C)O)[C@H]1C. The minimum Gasteiger partial charge on any atom is -0.490 e. The van der Waals surface area contributed by atoms with Crippen LogP contribution < -0.4 is 9.64 Å². The molecule has 2 aliphatic heterocycles. The molecule has 0 bridgehead atoms. The van der Waals surface area contributed by atoms with Crippen LogP contribution in [0, 0.1) is 5.92 Å². The Labute approximate surface area is 162 Å². The third-order valence-corrected chi connectivity index (χ3v) is 8.37. The highest BCUT2D eigenvalue weighted by atomic mass is 28.4. The number of hydrogen-bond acceptors (Lipinski definition) is 5. The number of ether oxygens (including phenoxy) is 2. The molecule has 0 saturated carbocycles. The number of fused-ring (bicyclic) bond motifs is 1. The Kier molecular flexibility index (Phi) is 5.95. The first-order valence-corrected chi connectivity index (χ1v) is 12.8. The second-order valence-electron chi connectivity index (χ2n) is 8.24. The summed E-state index contributed by atoms with van der Waals surface area (Å²) < 4.78 is 12.2. The van der Waals surface area contributed by atoms with Gasteiger partial charge in [0.15, 0.2) is 8.32 Å². The second-order valence-corrected chi connectivity index (χ2v) is 12.3. The van der Waals surface area contributed by atoms with Crippen LogP contribution in [0.3, 0.4) is 0 Å². The molecule has 1 aromatic carbocycles. The highest BCUT2D eigenvalue weighted by molar-refractivity contribution is 6.71. The number of carbonyl (C=O) groups is 1. The van der Waals surface area contributed by atoms with Crippen LogP contribution in [0.4, 0.5) is 5.69 Å². The molecule has 0 aromatic heterocycles. The lowest BCUT2D eigenvalue weighted by molar-refractivity contribution is -0.117. The number of anilines is 1. The molecule has 0 aliphatic carbocycles. The van der Waals surface area contributed by atoms with Gasteiger partial charge in [-0.1, -0.05) is 6.92 Å². The molecule has 3 rings (SSSR count). The molecule has 0 radical (unpaired) electrons. The lowest BCUT2D eigenvalue weighted by atomic mass is 9.86. The topological polar surface area (TPSA) is 79.2 Å². The maximum Gasteiger partial charge on any atom is 0.227 e. The molecular formula is C20H31NO5Si. The number of benzene rings is 1. The third-order valence-electron chi connectivity index (χ3n) is 5.94. The standard InChI is InChI=1S/C20H31NO5Si/c1-13-19(25-2)15-12-14(21-10-5-6-18(21)23)7-8-16(15)26-20(13)17(9-11-22)27(3,4)24/h7-8,12-13,17,19-20,22,24H,5-6,9-11H2,1-4H3/t13-,17?,19-,20-/m0/s1. The first kappa shape index (κ1) is 20.3. The Morgan fingerprint density at radius 2 is 2.15 bits per heavy atom. The van der Waals surface area contributed by atoms with E-state index in [1.165, 1.54) is 0 Å². The molecule has 1 saturated heterocycles. The molecule has 0 spiro atoms. The van der Waals surface area contributed by atoms with E-state index in [0.717, 1.165) is 30.0 Å². The maximum absolute atomic E-state index is 12.1. The van der Waals surface area contributed by atoms with Crippen molar-refractivity contribution in [2.45, 2.75) is 57.0 Å². The fourth-order valence-corrected chi connectivity index (χ4v) is 6.52. The predicted molar refractivity (Wildman–Crippen MR) is 107 cm³/mol. The molecule has 1 fully saturated rings. The van der Waals surface area contributed by atoms with Gasteiger partial charge in [0, 0.05) is 49.4 Å². The van der Waals surface area contributed by atoms with Crippen molar-refractivity contribution in [1.82, 2.24) is 0 Å². The first-order valence-electron chi connectivity index (χ1n) is 9.75. The smallest absolute Gasteiger partial charge is 0.227 e. The molecule has 7 heteroatoms. The van der Waals surface area contributed by atoms with Gasteiger partial charge in [0.05, 0.1) is 6.10 Å². The molecule has 1 aromatic rings. The molecule has 2 N–H and O–H groups in total. The quantitative estimate of drug-likeness (QED) is 0.727. The number of methoxy groups -OCH3 is 1. The van der Waals surface area contributed by atoms with Gasteiger partial charge in [0.25, 0.3) is 0 Å².